The highest BCUT2D eigenvalue weighted by atomic mass is 127. The Labute approximate surface area is 194 Å². The number of anilines is 1. The minimum absolute atomic E-state index is 0.121. The molecule has 0 bridgehead atoms. The maximum atomic E-state index is 12.6. The van der Waals surface area contributed by atoms with Crippen LogP contribution in [0.1, 0.15) is 39.2 Å². The van der Waals surface area contributed by atoms with Crippen LogP contribution in [0.25, 0.3) is 0 Å². The van der Waals surface area contributed by atoms with Gasteiger partial charge in [0, 0.05) is 14.8 Å². The highest BCUT2D eigenvalue weighted by molar-refractivity contribution is 14.1. The first-order valence-corrected chi connectivity index (χ1v) is 10.8. The van der Waals surface area contributed by atoms with Gasteiger partial charge in [0.25, 0.3) is 11.8 Å². The Morgan fingerprint density at radius 2 is 1.60 bits per heavy atom. The van der Waals surface area contributed by atoms with Crippen LogP contribution in [0.5, 0.6) is 0 Å². The first-order valence-electron chi connectivity index (χ1n) is 9.27. The number of carbonyl (C=O) groups is 2. The zero-order valence-electron chi connectivity index (χ0n) is 16.2. The van der Waals surface area contributed by atoms with Crippen LogP contribution in [0.15, 0.2) is 78.9 Å². The van der Waals surface area contributed by atoms with Gasteiger partial charge in [0.15, 0.2) is 5.11 Å². The summed E-state index contributed by atoms with van der Waals surface area (Å²) in [4.78, 5) is 25.0. The lowest BCUT2D eigenvalue weighted by molar-refractivity contribution is 0.0938. The number of carbonyl (C=O) groups excluding carboxylic acids is 2. The van der Waals surface area contributed by atoms with Gasteiger partial charge in [-0.1, -0.05) is 48.5 Å². The lowest BCUT2D eigenvalue weighted by Crippen LogP contribution is -2.34. The number of amides is 2. The third-order valence-electron chi connectivity index (χ3n) is 4.38. The third-order valence-corrected chi connectivity index (χ3v) is 5.52. The molecule has 2 amide bonds. The Morgan fingerprint density at radius 3 is 2.33 bits per heavy atom. The summed E-state index contributed by atoms with van der Waals surface area (Å²) >= 11 is 7.35. The zero-order chi connectivity index (χ0) is 21.5. The maximum Gasteiger partial charge on any atom is 0.258 e. The summed E-state index contributed by atoms with van der Waals surface area (Å²) in [6, 6.07) is 23.8. The molecule has 0 radical (unpaired) electrons. The van der Waals surface area contributed by atoms with E-state index in [1.165, 1.54) is 0 Å². The Balaban J connectivity index is 1.62. The van der Waals surface area contributed by atoms with E-state index < -0.39 is 0 Å². The van der Waals surface area contributed by atoms with E-state index in [2.05, 4.69) is 38.5 Å². The number of rotatable bonds is 5. The van der Waals surface area contributed by atoms with Gasteiger partial charge in [0.2, 0.25) is 0 Å². The molecule has 0 heterocycles. The quantitative estimate of drug-likeness (QED) is 0.325. The molecular formula is C23H20IN3O2S. The molecule has 3 rings (SSSR count). The SMILES string of the molecule is CC(NC(=O)c1cccc(NC(=S)NC(=O)c2ccccc2I)c1)c1ccccc1. The molecule has 1 atom stereocenters. The van der Waals surface area contributed by atoms with Gasteiger partial charge in [-0.3, -0.25) is 14.9 Å². The molecule has 0 aromatic heterocycles. The van der Waals surface area contributed by atoms with E-state index in [1.54, 1.807) is 36.4 Å². The number of hydrogen-bond donors (Lipinski definition) is 3. The molecule has 0 aliphatic carbocycles. The number of halogens is 1. The number of benzene rings is 3. The van der Waals surface area contributed by atoms with E-state index in [4.69, 9.17) is 12.2 Å². The normalized spacial score (nSPS) is 11.3. The van der Waals surface area contributed by atoms with Crippen molar-refractivity contribution in [3.05, 3.63) is 99.1 Å². The molecular weight excluding hydrogens is 509 g/mol. The van der Waals surface area contributed by atoms with Crippen molar-refractivity contribution in [2.75, 3.05) is 5.32 Å². The van der Waals surface area contributed by atoms with E-state index >= 15 is 0 Å². The fraction of sp³-hybridized carbons (Fsp3) is 0.0870. The number of thiocarbonyl (C=S) groups is 1. The van der Waals surface area contributed by atoms with E-state index in [9.17, 15) is 9.59 Å². The molecule has 152 valence electrons. The van der Waals surface area contributed by atoms with Gasteiger partial charge in [-0.05, 0) is 77.6 Å². The van der Waals surface area contributed by atoms with Gasteiger partial charge in [-0.2, -0.15) is 0 Å². The van der Waals surface area contributed by atoms with Crippen LogP contribution in [-0.4, -0.2) is 16.9 Å². The largest absolute Gasteiger partial charge is 0.346 e. The molecule has 3 N–H and O–H groups in total. The molecule has 7 heteroatoms. The maximum absolute atomic E-state index is 12.6. The van der Waals surface area contributed by atoms with Crippen LogP contribution in [-0.2, 0) is 0 Å². The first-order chi connectivity index (χ1) is 14.4. The Hall–Kier alpha value is -2.78. The summed E-state index contributed by atoms with van der Waals surface area (Å²) in [6.07, 6.45) is 0. The lowest BCUT2D eigenvalue weighted by atomic mass is 10.1. The molecule has 0 aliphatic heterocycles. The van der Waals surface area contributed by atoms with Crippen molar-refractivity contribution in [3.63, 3.8) is 0 Å². The van der Waals surface area contributed by atoms with E-state index in [0.717, 1.165) is 9.13 Å². The van der Waals surface area contributed by atoms with Crippen molar-refractivity contribution in [2.24, 2.45) is 0 Å². The monoisotopic (exact) mass is 529 g/mol. The first kappa shape index (κ1) is 21.9. The topological polar surface area (TPSA) is 70.2 Å². The van der Waals surface area contributed by atoms with Crippen molar-refractivity contribution in [2.45, 2.75) is 13.0 Å². The van der Waals surface area contributed by atoms with Crippen molar-refractivity contribution < 1.29 is 9.59 Å². The average Bonchev–Trinajstić information content (AvgIpc) is 2.74. The van der Waals surface area contributed by atoms with Crippen LogP contribution in [0.2, 0.25) is 0 Å². The standard InChI is InChI=1S/C23H20IN3O2S/c1-15(16-8-3-2-4-9-16)25-21(28)17-10-7-11-18(14-17)26-23(30)27-22(29)19-12-5-6-13-20(19)24/h2-15H,1H3,(H,25,28)(H2,26,27,29,30). The highest BCUT2D eigenvalue weighted by Crippen LogP contribution is 2.15. The zero-order valence-corrected chi connectivity index (χ0v) is 19.2. The Kier molecular flexibility index (Phi) is 7.53. The molecule has 0 saturated heterocycles. The van der Waals surface area contributed by atoms with Crippen LogP contribution >= 0.6 is 34.8 Å². The van der Waals surface area contributed by atoms with Gasteiger partial charge in [-0.25, -0.2) is 0 Å². The van der Waals surface area contributed by atoms with Crippen LogP contribution in [0.4, 0.5) is 5.69 Å². The predicted octanol–water partition coefficient (Wildman–Crippen LogP) is 4.91. The van der Waals surface area contributed by atoms with E-state index in [1.807, 2.05) is 49.4 Å². The molecule has 30 heavy (non-hydrogen) atoms. The molecule has 3 aromatic rings. The van der Waals surface area contributed by atoms with Gasteiger partial charge in [0.05, 0.1) is 11.6 Å². The third kappa shape index (κ3) is 5.87. The van der Waals surface area contributed by atoms with E-state index in [-0.39, 0.29) is 23.0 Å². The van der Waals surface area contributed by atoms with E-state index in [0.29, 0.717) is 16.8 Å². The van der Waals surface area contributed by atoms with Gasteiger partial charge >= 0.3 is 0 Å². The van der Waals surface area contributed by atoms with Gasteiger partial charge in [0.1, 0.15) is 0 Å². The molecule has 0 fully saturated rings. The second kappa shape index (κ2) is 10.3. The fourth-order valence-electron chi connectivity index (χ4n) is 2.82. The predicted molar refractivity (Wildman–Crippen MR) is 132 cm³/mol. The molecule has 5 nitrogen and oxygen atoms in total. The molecule has 0 spiro atoms. The van der Waals surface area contributed by atoms with Gasteiger partial charge in [-0.15, -0.1) is 0 Å². The Morgan fingerprint density at radius 1 is 0.900 bits per heavy atom. The second-order valence-electron chi connectivity index (χ2n) is 6.57. The summed E-state index contributed by atoms with van der Waals surface area (Å²) in [5.41, 5.74) is 2.68. The van der Waals surface area contributed by atoms with Crippen molar-refractivity contribution >= 4 is 57.4 Å². The minimum Gasteiger partial charge on any atom is -0.346 e. The lowest BCUT2D eigenvalue weighted by Gasteiger charge is -2.15. The van der Waals surface area contributed by atoms with Crippen LogP contribution in [0, 0.1) is 3.57 Å². The van der Waals surface area contributed by atoms with Crippen LogP contribution in [0.3, 0.4) is 0 Å². The summed E-state index contributed by atoms with van der Waals surface area (Å²) < 4.78 is 0.835. The smallest absolute Gasteiger partial charge is 0.258 e. The van der Waals surface area contributed by atoms with Crippen LogP contribution < -0.4 is 16.0 Å². The summed E-state index contributed by atoms with van der Waals surface area (Å²) in [5, 5.41) is 8.77. The Bertz CT molecular complexity index is 1070. The number of nitrogens with one attached hydrogen (secondary N) is 3. The van der Waals surface area contributed by atoms with Crippen molar-refractivity contribution in [1.82, 2.24) is 10.6 Å². The number of hydrogen-bond acceptors (Lipinski definition) is 3. The molecule has 3 aromatic carbocycles. The molecule has 1 unspecified atom stereocenters. The van der Waals surface area contributed by atoms with Crippen molar-refractivity contribution in [1.29, 1.82) is 0 Å². The average molecular weight is 529 g/mol. The second-order valence-corrected chi connectivity index (χ2v) is 8.15. The molecule has 0 aliphatic rings. The minimum atomic E-state index is -0.289. The van der Waals surface area contributed by atoms with Crippen molar-refractivity contribution in [3.8, 4) is 0 Å². The highest BCUT2D eigenvalue weighted by Gasteiger charge is 2.13. The summed E-state index contributed by atoms with van der Waals surface area (Å²) in [7, 11) is 0. The molecule has 0 saturated carbocycles. The fourth-order valence-corrected chi connectivity index (χ4v) is 3.66. The summed E-state index contributed by atoms with van der Waals surface area (Å²) in [5.74, 6) is -0.480. The van der Waals surface area contributed by atoms with Gasteiger partial charge < -0.3 is 10.6 Å². The summed E-state index contributed by atoms with van der Waals surface area (Å²) in [6.45, 7) is 1.94.